The van der Waals surface area contributed by atoms with Gasteiger partial charge in [0.15, 0.2) is 0 Å². The molecule has 1 N–H and O–H groups in total. The summed E-state index contributed by atoms with van der Waals surface area (Å²) in [4.78, 5) is 43.8. The van der Waals surface area contributed by atoms with E-state index in [1.165, 1.54) is 17.0 Å². The second-order valence-corrected chi connectivity index (χ2v) is 8.39. The zero-order valence-electron chi connectivity index (χ0n) is 18.4. The van der Waals surface area contributed by atoms with Crippen molar-refractivity contribution in [3.05, 3.63) is 100 Å². The number of aromatic nitrogens is 1. The van der Waals surface area contributed by atoms with Gasteiger partial charge in [0, 0.05) is 28.7 Å². The summed E-state index contributed by atoms with van der Waals surface area (Å²) in [7, 11) is 0. The van der Waals surface area contributed by atoms with Crippen LogP contribution >= 0.6 is 11.6 Å². The van der Waals surface area contributed by atoms with Crippen molar-refractivity contribution < 1.29 is 24.2 Å². The molecule has 2 aromatic carbocycles. The van der Waals surface area contributed by atoms with E-state index in [4.69, 9.17) is 16.3 Å². The molecule has 0 spiro atoms. The molecule has 0 saturated carbocycles. The summed E-state index contributed by atoms with van der Waals surface area (Å²) in [5, 5.41) is 11.5. The van der Waals surface area contributed by atoms with Crippen molar-refractivity contribution in [3.63, 3.8) is 0 Å². The molecular formula is C26H21ClN2O5. The largest absolute Gasteiger partial charge is 0.507 e. The number of carbonyl (C=O) groups is 3. The molecule has 1 saturated heterocycles. The Balaban J connectivity index is 1.82. The molecule has 1 atom stereocenters. The number of esters is 1. The van der Waals surface area contributed by atoms with Crippen LogP contribution in [0.25, 0.3) is 5.76 Å². The number of amides is 1. The highest BCUT2D eigenvalue weighted by Gasteiger charge is 2.47. The van der Waals surface area contributed by atoms with Gasteiger partial charge >= 0.3 is 5.97 Å². The maximum absolute atomic E-state index is 13.2. The van der Waals surface area contributed by atoms with Gasteiger partial charge in [-0.2, -0.15) is 0 Å². The second kappa shape index (κ2) is 9.49. The number of aliphatic hydroxyl groups is 1. The molecule has 7 nitrogen and oxygen atoms in total. The molecule has 34 heavy (non-hydrogen) atoms. The predicted molar refractivity (Wildman–Crippen MR) is 127 cm³/mol. The van der Waals surface area contributed by atoms with Crippen LogP contribution in [0.3, 0.4) is 0 Å². The summed E-state index contributed by atoms with van der Waals surface area (Å²) in [6, 6.07) is 15.0. The van der Waals surface area contributed by atoms with E-state index < -0.39 is 23.7 Å². The number of hydrogen-bond acceptors (Lipinski definition) is 6. The minimum Gasteiger partial charge on any atom is -0.507 e. The Morgan fingerprint density at radius 2 is 1.56 bits per heavy atom. The van der Waals surface area contributed by atoms with Crippen molar-refractivity contribution in [3.8, 4) is 0 Å². The summed E-state index contributed by atoms with van der Waals surface area (Å²) in [6.07, 6.45) is 2.82. The molecule has 0 bridgehead atoms. The lowest BCUT2D eigenvalue weighted by atomic mass is 9.96. The molecule has 4 rings (SSSR count). The minimum atomic E-state index is -0.896. The number of Topliss-reactive ketones (excluding diaryl/α,β-unsaturated/α-hetero) is 1. The Labute approximate surface area is 201 Å². The van der Waals surface area contributed by atoms with Gasteiger partial charge in [-0.1, -0.05) is 11.6 Å². The predicted octanol–water partition coefficient (Wildman–Crippen LogP) is 4.93. The molecule has 2 heterocycles. The molecule has 172 valence electrons. The third-order valence-corrected chi connectivity index (χ3v) is 5.56. The molecule has 1 aliphatic rings. The number of rotatable bonds is 5. The topological polar surface area (TPSA) is 96.8 Å². The van der Waals surface area contributed by atoms with Gasteiger partial charge in [-0.05, 0) is 80.1 Å². The number of pyridine rings is 1. The Morgan fingerprint density at radius 3 is 2.15 bits per heavy atom. The van der Waals surface area contributed by atoms with Crippen molar-refractivity contribution in [1.82, 2.24) is 4.98 Å². The quantitative estimate of drug-likeness (QED) is 0.243. The smallest absolute Gasteiger partial charge is 0.338 e. The Kier molecular flexibility index (Phi) is 6.47. The first-order valence-electron chi connectivity index (χ1n) is 10.6. The number of halogens is 1. The zero-order valence-corrected chi connectivity index (χ0v) is 19.2. The van der Waals surface area contributed by atoms with Crippen molar-refractivity contribution in [2.75, 3.05) is 4.90 Å². The third-order valence-electron chi connectivity index (χ3n) is 5.31. The van der Waals surface area contributed by atoms with Gasteiger partial charge in [-0.25, -0.2) is 4.79 Å². The molecule has 1 aromatic heterocycles. The molecule has 3 aromatic rings. The van der Waals surface area contributed by atoms with Crippen LogP contribution in [-0.4, -0.2) is 33.9 Å². The first kappa shape index (κ1) is 23.2. The Morgan fingerprint density at radius 1 is 0.971 bits per heavy atom. The van der Waals surface area contributed by atoms with Gasteiger partial charge in [0.1, 0.15) is 5.76 Å². The fraction of sp³-hybridized carbons (Fsp3) is 0.154. The molecule has 0 aliphatic carbocycles. The second-order valence-electron chi connectivity index (χ2n) is 7.96. The highest BCUT2D eigenvalue weighted by molar-refractivity contribution is 6.51. The maximum atomic E-state index is 13.2. The van der Waals surface area contributed by atoms with Crippen LogP contribution in [0.15, 0.2) is 78.6 Å². The average Bonchev–Trinajstić information content (AvgIpc) is 3.10. The standard InChI is InChI=1S/C26H21ClN2O5/c1-15(2)34-26(33)18-5-9-20(10-6-18)29-22(16-11-13-28-14-12-16)21(24(31)25(29)32)23(30)17-3-7-19(27)8-4-17/h3-15,22,30H,1-2H3/b23-21+. The van der Waals surface area contributed by atoms with Gasteiger partial charge in [0.2, 0.25) is 0 Å². The maximum Gasteiger partial charge on any atom is 0.338 e. The lowest BCUT2D eigenvalue weighted by molar-refractivity contribution is -0.132. The number of ketones is 1. The van der Waals surface area contributed by atoms with Gasteiger partial charge in [-0.3, -0.25) is 19.5 Å². The van der Waals surface area contributed by atoms with Gasteiger partial charge in [-0.15, -0.1) is 0 Å². The van der Waals surface area contributed by atoms with Crippen molar-refractivity contribution in [2.45, 2.75) is 26.0 Å². The molecule has 8 heteroatoms. The Hall–Kier alpha value is -3.97. The Bertz CT molecular complexity index is 1270. The normalized spacial score (nSPS) is 17.3. The van der Waals surface area contributed by atoms with E-state index in [9.17, 15) is 19.5 Å². The molecular weight excluding hydrogens is 456 g/mol. The minimum absolute atomic E-state index is 0.0539. The fourth-order valence-electron chi connectivity index (χ4n) is 3.76. The fourth-order valence-corrected chi connectivity index (χ4v) is 3.89. The molecule has 1 unspecified atom stereocenters. The number of benzene rings is 2. The monoisotopic (exact) mass is 476 g/mol. The summed E-state index contributed by atoms with van der Waals surface area (Å²) in [5.74, 6) is -2.42. The van der Waals surface area contributed by atoms with E-state index >= 15 is 0 Å². The van der Waals surface area contributed by atoms with Gasteiger partial charge in [0.25, 0.3) is 11.7 Å². The van der Waals surface area contributed by atoms with E-state index in [0.717, 1.165) is 0 Å². The molecule has 1 fully saturated rings. The summed E-state index contributed by atoms with van der Waals surface area (Å²) < 4.78 is 5.21. The third kappa shape index (κ3) is 4.43. The van der Waals surface area contributed by atoms with Gasteiger partial charge < -0.3 is 9.84 Å². The van der Waals surface area contributed by atoms with Crippen LogP contribution in [0.4, 0.5) is 5.69 Å². The van der Waals surface area contributed by atoms with Crippen LogP contribution in [0.1, 0.15) is 41.4 Å². The number of anilines is 1. The van der Waals surface area contributed by atoms with Crippen molar-refractivity contribution >= 4 is 40.7 Å². The lowest BCUT2D eigenvalue weighted by Crippen LogP contribution is -2.29. The van der Waals surface area contributed by atoms with Crippen LogP contribution < -0.4 is 4.90 Å². The first-order chi connectivity index (χ1) is 16.3. The van der Waals surface area contributed by atoms with E-state index in [1.54, 1.807) is 74.8 Å². The van der Waals surface area contributed by atoms with Crippen LogP contribution in [0.5, 0.6) is 0 Å². The van der Waals surface area contributed by atoms with E-state index in [-0.39, 0.29) is 17.4 Å². The molecule has 0 radical (unpaired) electrons. The molecule has 1 aliphatic heterocycles. The van der Waals surface area contributed by atoms with E-state index in [0.29, 0.717) is 27.4 Å². The lowest BCUT2D eigenvalue weighted by Gasteiger charge is -2.25. The van der Waals surface area contributed by atoms with E-state index in [2.05, 4.69) is 4.98 Å². The molecule has 1 amide bonds. The van der Waals surface area contributed by atoms with Crippen LogP contribution in [0, 0.1) is 0 Å². The number of carbonyl (C=O) groups excluding carboxylic acids is 3. The van der Waals surface area contributed by atoms with Crippen LogP contribution in [-0.2, 0) is 14.3 Å². The first-order valence-corrected chi connectivity index (χ1v) is 10.9. The number of aliphatic hydroxyl groups excluding tert-OH is 1. The summed E-state index contributed by atoms with van der Waals surface area (Å²) >= 11 is 5.95. The number of nitrogens with zero attached hydrogens (tertiary/aromatic N) is 2. The average molecular weight is 477 g/mol. The summed E-state index contributed by atoms with van der Waals surface area (Å²) in [6.45, 7) is 3.50. The number of ether oxygens (including phenoxy) is 1. The number of hydrogen-bond donors (Lipinski definition) is 1. The van der Waals surface area contributed by atoms with E-state index in [1.807, 2.05) is 0 Å². The van der Waals surface area contributed by atoms with Crippen LogP contribution in [0.2, 0.25) is 5.02 Å². The van der Waals surface area contributed by atoms with Crippen molar-refractivity contribution in [2.24, 2.45) is 0 Å². The van der Waals surface area contributed by atoms with Gasteiger partial charge in [0.05, 0.1) is 23.3 Å². The SMILES string of the molecule is CC(C)OC(=O)c1ccc(N2C(=O)C(=O)/C(=C(/O)c3ccc(Cl)cc3)C2c2ccncc2)cc1. The summed E-state index contributed by atoms with van der Waals surface area (Å²) in [5.41, 5.74) is 1.60. The highest BCUT2D eigenvalue weighted by Crippen LogP contribution is 2.42. The zero-order chi connectivity index (χ0) is 24.4. The highest BCUT2D eigenvalue weighted by atomic mass is 35.5. The van der Waals surface area contributed by atoms with Crippen molar-refractivity contribution in [1.29, 1.82) is 0 Å².